The molecule has 0 unspecified atom stereocenters. The summed E-state index contributed by atoms with van der Waals surface area (Å²) < 4.78 is 27.1. The first-order chi connectivity index (χ1) is 16.2. The Balaban J connectivity index is 1.80. The molecule has 1 aromatic carbocycles. The molecule has 0 spiro atoms. The van der Waals surface area contributed by atoms with Crippen molar-refractivity contribution in [2.45, 2.75) is 71.5 Å². The Morgan fingerprint density at radius 1 is 0.914 bits per heavy atom. The third-order valence-corrected chi connectivity index (χ3v) is 5.41. The van der Waals surface area contributed by atoms with Crippen LogP contribution in [0.3, 0.4) is 0 Å². The number of piperidine rings is 1. The summed E-state index contributed by atoms with van der Waals surface area (Å²) in [5.41, 5.74) is -2.64. The number of nitrogens with zero attached hydrogens (tertiary/aromatic N) is 3. The second-order valence-corrected chi connectivity index (χ2v) is 10.6. The Bertz CT molecular complexity index is 1230. The summed E-state index contributed by atoms with van der Waals surface area (Å²) in [6.07, 6.45) is 0.846. The minimum Gasteiger partial charge on any atom is -0.444 e. The lowest BCUT2D eigenvalue weighted by molar-refractivity contribution is 0.0204. The number of aromatic nitrogens is 2. The highest BCUT2D eigenvalue weighted by Crippen LogP contribution is 2.31. The number of amides is 1. The van der Waals surface area contributed by atoms with E-state index < -0.39 is 34.4 Å². The van der Waals surface area contributed by atoms with E-state index in [1.54, 1.807) is 58.6 Å². The van der Waals surface area contributed by atoms with Crippen LogP contribution in [0.1, 0.15) is 65.9 Å². The maximum Gasteiger partial charge on any atom is 0.425 e. The fraction of sp³-hybridized carbons (Fsp3) is 0.520. The Morgan fingerprint density at radius 3 is 2.03 bits per heavy atom. The van der Waals surface area contributed by atoms with Gasteiger partial charge in [0.25, 0.3) is 5.56 Å². The van der Waals surface area contributed by atoms with Gasteiger partial charge in [0.1, 0.15) is 17.0 Å². The average molecular weight is 490 g/mol. The van der Waals surface area contributed by atoms with Crippen molar-refractivity contribution in [1.29, 1.82) is 0 Å². The molecule has 190 valence electrons. The lowest BCUT2D eigenvalue weighted by atomic mass is 9.89. The molecule has 0 bridgehead atoms. The largest absolute Gasteiger partial charge is 0.444 e. The zero-order valence-electron chi connectivity index (χ0n) is 21.0. The van der Waals surface area contributed by atoms with Gasteiger partial charge in [-0.05, 0) is 78.0 Å². The zero-order valence-corrected chi connectivity index (χ0v) is 21.0. The predicted molar refractivity (Wildman–Crippen MR) is 128 cm³/mol. The van der Waals surface area contributed by atoms with Crippen LogP contribution in [0.5, 0.6) is 0 Å². The third-order valence-electron chi connectivity index (χ3n) is 5.41. The molecule has 2 aromatic rings. The van der Waals surface area contributed by atoms with E-state index in [0.717, 1.165) is 10.6 Å². The fourth-order valence-electron chi connectivity index (χ4n) is 3.85. The Kier molecular flexibility index (Phi) is 7.23. The Labute approximate surface area is 203 Å². The van der Waals surface area contributed by atoms with Gasteiger partial charge in [-0.1, -0.05) is 6.07 Å². The topological polar surface area (TPSA) is 99.8 Å². The van der Waals surface area contributed by atoms with Crippen molar-refractivity contribution in [1.82, 2.24) is 14.0 Å². The van der Waals surface area contributed by atoms with E-state index >= 15 is 4.39 Å². The van der Waals surface area contributed by atoms with Gasteiger partial charge in [-0.2, -0.15) is 4.57 Å². The number of hydrogen-bond donors (Lipinski definition) is 0. The van der Waals surface area contributed by atoms with Crippen LogP contribution in [0.15, 0.2) is 40.1 Å². The standard InChI is InChI=1S/C25H32FN3O6/c1-24(2,3)34-22(32)27-12-9-16(10-13-27)18-8-7-17(15-19(18)26)28-14-11-20(30)29(21(28)31)23(33)35-25(4,5)6/h7-8,11,14-16H,9-10,12-13H2,1-6H3. The quantitative estimate of drug-likeness (QED) is 0.631. The molecule has 1 aromatic heterocycles. The zero-order chi connectivity index (χ0) is 26.1. The number of halogens is 1. The van der Waals surface area contributed by atoms with E-state index in [1.807, 2.05) is 0 Å². The fourth-order valence-corrected chi connectivity index (χ4v) is 3.85. The molecule has 10 heteroatoms. The van der Waals surface area contributed by atoms with Gasteiger partial charge in [0, 0.05) is 25.4 Å². The monoisotopic (exact) mass is 489 g/mol. The summed E-state index contributed by atoms with van der Waals surface area (Å²) in [5.74, 6) is -0.615. The van der Waals surface area contributed by atoms with E-state index in [0.29, 0.717) is 36.1 Å². The van der Waals surface area contributed by atoms with Crippen molar-refractivity contribution in [2.75, 3.05) is 13.1 Å². The number of carbonyl (C=O) groups excluding carboxylic acids is 2. The predicted octanol–water partition coefficient (Wildman–Crippen LogP) is 4.04. The van der Waals surface area contributed by atoms with Crippen molar-refractivity contribution in [3.8, 4) is 5.69 Å². The molecular weight excluding hydrogens is 457 g/mol. The van der Waals surface area contributed by atoms with Crippen LogP contribution in [-0.2, 0) is 9.47 Å². The number of likely N-dealkylation sites (tertiary alicyclic amines) is 1. The maximum atomic E-state index is 15.1. The van der Waals surface area contributed by atoms with Crippen LogP contribution in [0.4, 0.5) is 14.0 Å². The molecule has 0 aliphatic carbocycles. The first-order valence-corrected chi connectivity index (χ1v) is 11.5. The SMILES string of the molecule is CC(C)(C)OC(=O)N1CCC(c2ccc(-n3ccc(=O)n(C(=O)OC(C)(C)C)c3=O)cc2F)CC1. The molecule has 1 aliphatic rings. The number of rotatable bonds is 2. The Morgan fingerprint density at radius 2 is 1.49 bits per heavy atom. The lowest BCUT2D eigenvalue weighted by Crippen LogP contribution is -2.44. The summed E-state index contributed by atoms with van der Waals surface area (Å²) in [4.78, 5) is 51.3. The van der Waals surface area contributed by atoms with Crippen LogP contribution in [0.25, 0.3) is 5.69 Å². The third kappa shape index (κ3) is 6.37. The van der Waals surface area contributed by atoms with Gasteiger partial charge in [0.15, 0.2) is 0 Å². The molecule has 9 nitrogen and oxygen atoms in total. The molecule has 35 heavy (non-hydrogen) atoms. The van der Waals surface area contributed by atoms with Crippen LogP contribution < -0.4 is 11.2 Å². The smallest absolute Gasteiger partial charge is 0.425 e. The van der Waals surface area contributed by atoms with Gasteiger partial charge >= 0.3 is 17.9 Å². The molecule has 1 amide bonds. The molecule has 1 aliphatic heterocycles. The Hall–Kier alpha value is -3.43. The van der Waals surface area contributed by atoms with Gasteiger partial charge < -0.3 is 14.4 Å². The minimum absolute atomic E-state index is 0.102. The van der Waals surface area contributed by atoms with Gasteiger partial charge in [0.2, 0.25) is 0 Å². The molecular formula is C25H32FN3O6. The van der Waals surface area contributed by atoms with Gasteiger partial charge in [-0.3, -0.25) is 9.36 Å². The first-order valence-electron chi connectivity index (χ1n) is 11.5. The second-order valence-electron chi connectivity index (χ2n) is 10.6. The van der Waals surface area contributed by atoms with E-state index in [-0.39, 0.29) is 17.7 Å². The van der Waals surface area contributed by atoms with Crippen molar-refractivity contribution >= 4 is 12.2 Å². The average Bonchev–Trinajstić information content (AvgIpc) is 2.71. The minimum atomic E-state index is -1.10. The maximum absolute atomic E-state index is 15.1. The number of benzene rings is 1. The van der Waals surface area contributed by atoms with Crippen LogP contribution in [0, 0.1) is 5.82 Å². The summed E-state index contributed by atoms with van der Waals surface area (Å²) in [7, 11) is 0. The van der Waals surface area contributed by atoms with Gasteiger partial charge in [0.05, 0.1) is 5.69 Å². The molecule has 1 saturated heterocycles. The highest BCUT2D eigenvalue weighted by Gasteiger charge is 2.29. The normalized spacial score (nSPS) is 15.1. The second kappa shape index (κ2) is 9.67. The highest BCUT2D eigenvalue weighted by atomic mass is 19.1. The molecule has 2 heterocycles. The van der Waals surface area contributed by atoms with Crippen LogP contribution >= 0.6 is 0 Å². The molecule has 0 atom stereocenters. The summed E-state index contributed by atoms with van der Waals surface area (Å²) in [6, 6.07) is 5.39. The van der Waals surface area contributed by atoms with Crippen LogP contribution in [0.2, 0.25) is 0 Å². The van der Waals surface area contributed by atoms with E-state index in [1.165, 1.54) is 12.3 Å². The van der Waals surface area contributed by atoms with Crippen molar-refractivity contribution in [2.24, 2.45) is 0 Å². The van der Waals surface area contributed by atoms with E-state index in [4.69, 9.17) is 9.47 Å². The molecule has 1 fully saturated rings. The summed E-state index contributed by atoms with van der Waals surface area (Å²) >= 11 is 0. The van der Waals surface area contributed by atoms with Crippen molar-refractivity contribution in [3.63, 3.8) is 0 Å². The molecule has 3 rings (SSSR count). The van der Waals surface area contributed by atoms with Crippen LogP contribution in [-0.4, -0.2) is 50.5 Å². The number of ether oxygens (including phenoxy) is 2. The van der Waals surface area contributed by atoms with E-state index in [9.17, 15) is 19.2 Å². The summed E-state index contributed by atoms with van der Waals surface area (Å²) in [6.45, 7) is 11.1. The van der Waals surface area contributed by atoms with Crippen molar-refractivity contribution in [3.05, 3.63) is 62.7 Å². The van der Waals surface area contributed by atoms with Crippen molar-refractivity contribution < 1.29 is 23.5 Å². The number of hydrogen-bond acceptors (Lipinski definition) is 6. The molecule has 0 saturated carbocycles. The summed E-state index contributed by atoms with van der Waals surface area (Å²) in [5, 5.41) is 0. The number of carbonyl (C=O) groups is 2. The lowest BCUT2D eigenvalue weighted by Gasteiger charge is -2.33. The first kappa shape index (κ1) is 26.2. The highest BCUT2D eigenvalue weighted by molar-refractivity contribution is 5.70. The molecule has 0 N–H and O–H groups in total. The van der Waals surface area contributed by atoms with Gasteiger partial charge in [-0.25, -0.2) is 18.8 Å². The van der Waals surface area contributed by atoms with E-state index in [2.05, 4.69) is 0 Å². The molecule has 0 radical (unpaired) electrons. The van der Waals surface area contributed by atoms with Gasteiger partial charge in [-0.15, -0.1) is 0 Å².